The molecule has 0 aliphatic heterocycles. The second-order valence-electron chi connectivity index (χ2n) is 5.73. The monoisotopic (exact) mass is 313 g/mol. The van der Waals surface area contributed by atoms with E-state index in [2.05, 4.69) is 54.3 Å². The second-order valence-corrected chi connectivity index (χ2v) is 5.73. The van der Waals surface area contributed by atoms with Crippen LogP contribution in [-0.2, 0) is 13.0 Å². The highest BCUT2D eigenvalue weighted by Crippen LogP contribution is 2.22. The van der Waals surface area contributed by atoms with Gasteiger partial charge in [0.25, 0.3) is 0 Å². The fraction of sp³-hybridized carbons (Fsp3) is 0.500. The minimum Gasteiger partial charge on any atom is -0.360 e. The zero-order valence-electron chi connectivity index (χ0n) is 14.3. The van der Waals surface area contributed by atoms with Crippen LogP contribution in [0.3, 0.4) is 0 Å². The van der Waals surface area contributed by atoms with Gasteiger partial charge in [0.2, 0.25) is 0 Å². The van der Waals surface area contributed by atoms with Gasteiger partial charge in [-0.25, -0.2) is 14.6 Å². The molecule has 0 spiro atoms. The van der Waals surface area contributed by atoms with Crippen LogP contribution in [0.5, 0.6) is 0 Å². The third-order valence-corrected chi connectivity index (χ3v) is 4.17. The van der Waals surface area contributed by atoms with Gasteiger partial charge in [0.1, 0.15) is 18.0 Å². The van der Waals surface area contributed by atoms with E-state index >= 15 is 0 Å². The molecule has 23 heavy (non-hydrogen) atoms. The fourth-order valence-electron chi connectivity index (χ4n) is 2.70. The fourth-order valence-corrected chi connectivity index (χ4v) is 2.70. The third kappa shape index (κ3) is 2.67. The number of hydrogen-bond donors (Lipinski definition) is 1. The van der Waals surface area contributed by atoms with E-state index in [0.29, 0.717) is 0 Å². The number of rotatable bonds is 5. The van der Waals surface area contributed by atoms with Crippen molar-refractivity contribution in [3.8, 4) is 0 Å². The number of aryl methyl sites for hydroxylation is 4. The van der Waals surface area contributed by atoms with Crippen LogP contribution in [0.25, 0.3) is 5.65 Å². The lowest BCUT2D eigenvalue weighted by Crippen LogP contribution is -2.16. The van der Waals surface area contributed by atoms with Crippen LogP contribution in [0.4, 0.5) is 5.82 Å². The Morgan fingerprint density at radius 1 is 1.26 bits per heavy atom. The van der Waals surface area contributed by atoms with Gasteiger partial charge in [-0.2, -0.15) is 14.7 Å². The van der Waals surface area contributed by atoms with Gasteiger partial charge in [0.15, 0.2) is 5.65 Å². The van der Waals surface area contributed by atoms with Gasteiger partial charge in [0.05, 0.1) is 11.7 Å². The van der Waals surface area contributed by atoms with Crippen LogP contribution in [0.1, 0.15) is 49.6 Å². The normalized spacial score (nSPS) is 12.7. The maximum atomic E-state index is 4.71. The molecular formula is C16H23N7. The first-order valence-electron chi connectivity index (χ1n) is 8.05. The molecule has 1 atom stereocenters. The number of nitrogens with zero attached hydrogens (tertiary/aromatic N) is 6. The van der Waals surface area contributed by atoms with Crippen LogP contribution in [0.15, 0.2) is 12.4 Å². The van der Waals surface area contributed by atoms with Gasteiger partial charge >= 0.3 is 0 Å². The van der Waals surface area contributed by atoms with Gasteiger partial charge in [-0.3, -0.25) is 0 Å². The molecule has 122 valence electrons. The van der Waals surface area contributed by atoms with E-state index in [4.69, 9.17) is 4.98 Å². The maximum Gasteiger partial charge on any atom is 0.160 e. The predicted molar refractivity (Wildman–Crippen MR) is 89.6 cm³/mol. The van der Waals surface area contributed by atoms with E-state index in [1.54, 1.807) is 6.33 Å². The van der Waals surface area contributed by atoms with Crippen molar-refractivity contribution in [1.29, 1.82) is 0 Å². The topological polar surface area (TPSA) is 72.9 Å². The summed E-state index contributed by atoms with van der Waals surface area (Å²) in [5.74, 6) is 1.84. The molecule has 0 aromatic carbocycles. The van der Waals surface area contributed by atoms with Gasteiger partial charge in [0, 0.05) is 23.9 Å². The van der Waals surface area contributed by atoms with Crippen LogP contribution < -0.4 is 5.32 Å². The molecule has 0 aliphatic rings. The average molecular weight is 313 g/mol. The molecule has 3 aromatic rings. The lowest BCUT2D eigenvalue weighted by Gasteiger charge is -2.16. The molecule has 7 nitrogen and oxygen atoms in total. The van der Waals surface area contributed by atoms with Gasteiger partial charge in [-0.1, -0.05) is 6.92 Å². The Bertz CT molecular complexity index is 830. The van der Waals surface area contributed by atoms with Crippen molar-refractivity contribution in [2.75, 3.05) is 5.32 Å². The average Bonchev–Trinajstić information content (AvgIpc) is 3.13. The predicted octanol–water partition coefficient (Wildman–Crippen LogP) is 2.69. The summed E-state index contributed by atoms with van der Waals surface area (Å²) < 4.78 is 3.78. The summed E-state index contributed by atoms with van der Waals surface area (Å²) in [7, 11) is 0. The smallest absolute Gasteiger partial charge is 0.160 e. The first-order valence-corrected chi connectivity index (χ1v) is 8.05. The third-order valence-electron chi connectivity index (χ3n) is 4.17. The Labute approximate surface area is 135 Å². The molecule has 3 heterocycles. The molecule has 0 aliphatic carbocycles. The van der Waals surface area contributed by atoms with Gasteiger partial charge < -0.3 is 5.32 Å². The molecule has 0 bridgehead atoms. The quantitative estimate of drug-likeness (QED) is 0.784. The molecule has 0 saturated heterocycles. The Morgan fingerprint density at radius 3 is 2.74 bits per heavy atom. The minimum absolute atomic E-state index is 0.0255. The maximum absolute atomic E-state index is 4.71. The lowest BCUT2D eigenvalue weighted by molar-refractivity contribution is 0.591. The largest absolute Gasteiger partial charge is 0.360 e. The van der Waals surface area contributed by atoms with Crippen molar-refractivity contribution in [3.05, 3.63) is 35.2 Å². The van der Waals surface area contributed by atoms with E-state index in [0.717, 1.165) is 47.2 Å². The molecule has 7 heteroatoms. The molecule has 0 amide bonds. The summed E-state index contributed by atoms with van der Waals surface area (Å²) in [4.78, 5) is 9.08. The zero-order valence-corrected chi connectivity index (χ0v) is 14.3. The highest BCUT2D eigenvalue weighted by molar-refractivity contribution is 5.56. The first-order chi connectivity index (χ1) is 11.0. The molecule has 3 rings (SSSR count). The summed E-state index contributed by atoms with van der Waals surface area (Å²) in [5.41, 5.74) is 4.08. The van der Waals surface area contributed by atoms with Crippen LogP contribution in [-0.4, -0.2) is 29.4 Å². The number of fused-ring (bicyclic) bond motifs is 1. The standard InChI is InChI=1S/C16H23N7/c1-6-13-8-14(23-15(20-13)10(3)11(4)21-23)19-12(5)16-17-9-18-22(16)7-2/h8-9,12,19H,6-7H2,1-5H3. The molecule has 1 unspecified atom stereocenters. The molecule has 0 saturated carbocycles. The minimum atomic E-state index is 0.0255. The van der Waals surface area contributed by atoms with Crippen molar-refractivity contribution >= 4 is 11.5 Å². The van der Waals surface area contributed by atoms with Crippen molar-refractivity contribution in [3.63, 3.8) is 0 Å². The molecule has 3 aromatic heterocycles. The Balaban J connectivity index is 2.03. The Kier molecular flexibility index (Phi) is 4.02. The summed E-state index contributed by atoms with van der Waals surface area (Å²) in [6.07, 6.45) is 2.48. The number of hydrogen-bond acceptors (Lipinski definition) is 5. The van der Waals surface area contributed by atoms with Gasteiger partial charge in [-0.05, 0) is 34.1 Å². The van der Waals surface area contributed by atoms with Gasteiger partial charge in [-0.15, -0.1) is 0 Å². The van der Waals surface area contributed by atoms with Crippen LogP contribution >= 0.6 is 0 Å². The van der Waals surface area contributed by atoms with Crippen molar-refractivity contribution in [2.45, 2.75) is 53.6 Å². The molecule has 0 fully saturated rings. The summed E-state index contributed by atoms with van der Waals surface area (Å²) in [6.45, 7) is 11.1. The van der Waals surface area contributed by atoms with E-state index in [1.807, 2.05) is 16.1 Å². The lowest BCUT2D eigenvalue weighted by atomic mass is 10.2. The molecular weight excluding hydrogens is 290 g/mol. The first kappa shape index (κ1) is 15.5. The van der Waals surface area contributed by atoms with E-state index < -0.39 is 0 Å². The van der Waals surface area contributed by atoms with Crippen molar-refractivity contribution < 1.29 is 0 Å². The number of anilines is 1. The number of aromatic nitrogens is 6. The highest BCUT2D eigenvalue weighted by atomic mass is 15.4. The summed E-state index contributed by atoms with van der Waals surface area (Å²) in [5, 5.41) is 12.4. The Morgan fingerprint density at radius 2 is 2.04 bits per heavy atom. The van der Waals surface area contributed by atoms with E-state index in [9.17, 15) is 0 Å². The summed E-state index contributed by atoms with van der Waals surface area (Å²) in [6, 6.07) is 2.08. The highest BCUT2D eigenvalue weighted by Gasteiger charge is 2.16. The molecule has 0 radical (unpaired) electrons. The van der Waals surface area contributed by atoms with Crippen molar-refractivity contribution in [1.82, 2.24) is 29.4 Å². The summed E-state index contributed by atoms with van der Waals surface area (Å²) >= 11 is 0. The van der Waals surface area contributed by atoms with Crippen LogP contribution in [0, 0.1) is 13.8 Å². The second kappa shape index (κ2) is 5.98. The van der Waals surface area contributed by atoms with Crippen LogP contribution in [0.2, 0.25) is 0 Å². The Hall–Kier alpha value is -2.44. The zero-order chi connectivity index (χ0) is 16.6. The van der Waals surface area contributed by atoms with E-state index in [1.165, 1.54) is 0 Å². The SMILES string of the molecule is CCc1cc(NC(C)c2ncnn2CC)n2nc(C)c(C)c2n1. The molecule has 1 N–H and O–H groups in total. The van der Waals surface area contributed by atoms with Crippen molar-refractivity contribution in [2.24, 2.45) is 0 Å². The number of nitrogens with one attached hydrogen (secondary N) is 1. The van der Waals surface area contributed by atoms with E-state index in [-0.39, 0.29) is 6.04 Å².